The SMILES string of the molecule is CC(=O)N[C@@H](C)COC1CCC(OCc2ccc(OC(C)C)cc2Cl)CC1. The predicted octanol–water partition coefficient (Wildman–Crippen LogP) is 4.50. The minimum Gasteiger partial charge on any atom is -0.491 e. The molecule has 0 heterocycles. The van der Waals surface area contributed by atoms with Gasteiger partial charge in [-0.05, 0) is 64.2 Å². The Morgan fingerprint density at radius 3 is 2.33 bits per heavy atom. The average Bonchev–Trinajstić information content (AvgIpc) is 2.59. The van der Waals surface area contributed by atoms with Crippen molar-refractivity contribution in [1.82, 2.24) is 5.32 Å². The zero-order chi connectivity index (χ0) is 19.8. The molecule has 1 amide bonds. The number of benzene rings is 1. The molecule has 0 bridgehead atoms. The van der Waals surface area contributed by atoms with Gasteiger partial charge in [0.2, 0.25) is 5.91 Å². The normalized spacial score (nSPS) is 21.1. The van der Waals surface area contributed by atoms with Gasteiger partial charge in [-0.1, -0.05) is 17.7 Å². The lowest BCUT2D eigenvalue weighted by molar-refractivity contribution is -0.120. The number of amides is 1. The minimum absolute atomic E-state index is 0.0225. The van der Waals surface area contributed by atoms with Gasteiger partial charge in [0.1, 0.15) is 5.75 Å². The summed E-state index contributed by atoms with van der Waals surface area (Å²) in [4.78, 5) is 11.0. The molecule has 2 rings (SSSR count). The maximum absolute atomic E-state index is 11.0. The lowest BCUT2D eigenvalue weighted by Crippen LogP contribution is -2.36. The smallest absolute Gasteiger partial charge is 0.217 e. The van der Waals surface area contributed by atoms with Gasteiger partial charge in [-0.2, -0.15) is 0 Å². The highest BCUT2D eigenvalue weighted by atomic mass is 35.5. The van der Waals surface area contributed by atoms with Gasteiger partial charge in [0, 0.05) is 18.0 Å². The predicted molar refractivity (Wildman–Crippen MR) is 107 cm³/mol. The Morgan fingerprint density at radius 2 is 1.78 bits per heavy atom. The van der Waals surface area contributed by atoms with E-state index in [1.54, 1.807) is 0 Å². The van der Waals surface area contributed by atoms with Crippen LogP contribution in [0.25, 0.3) is 0 Å². The molecule has 1 aromatic rings. The Hall–Kier alpha value is -1.30. The summed E-state index contributed by atoms with van der Waals surface area (Å²) < 4.78 is 17.6. The summed E-state index contributed by atoms with van der Waals surface area (Å²) in [5, 5.41) is 3.52. The van der Waals surface area contributed by atoms with Crippen molar-refractivity contribution in [2.45, 2.75) is 84.3 Å². The maximum atomic E-state index is 11.0. The van der Waals surface area contributed by atoms with Crippen molar-refractivity contribution in [3.63, 3.8) is 0 Å². The highest BCUT2D eigenvalue weighted by Crippen LogP contribution is 2.27. The van der Waals surface area contributed by atoms with E-state index in [-0.39, 0.29) is 30.3 Å². The third-order valence-electron chi connectivity index (χ3n) is 4.52. The first-order chi connectivity index (χ1) is 12.8. The van der Waals surface area contributed by atoms with Crippen molar-refractivity contribution < 1.29 is 19.0 Å². The van der Waals surface area contributed by atoms with Crippen LogP contribution in [0.3, 0.4) is 0 Å². The summed E-state index contributed by atoms with van der Waals surface area (Å²) in [6.07, 6.45) is 4.52. The monoisotopic (exact) mass is 397 g/mol. The van der Waals surface area contributed by atoms with Gasteiger partial charge in [0.05, 0.1) is 31.5 Å². The fourth-order valence-electron chi connectivity index (χ4n) is 3.23. The Morgan fingerprint density at radius 1 is 1.15 bits per heavy atom. The van der Waals surface area contributed by atoms with E-state index in [2.05, 4.69) is 5.32 Å². The van der Waals surface area contributed by atoms with Crippen molar-refractivity contribution in [3.8, 4) is 5.75 Å². The number of rotatable bonds is 9. The van der Waals surface area contributed by atoms with Crippen molar-refractivity contribution in [2.75, 3.05) is 6.61 Å². The third kappa shape index (κ3) is 8.08. The second-order valence-electron chi connectivity index (χ2n) is 7.56. The molecule has 1 aromatic carbocycles. The molecule has 0 spiro atoms. The largest absolute Gasteiger partial charge is 0.491 e. The zero-order valence-electron chi connectivity index (χ0n) is 16.8. The molecule has 1 aliphatic carbocycles. The van der Waals surface area contributed by atoms with E-state index in [4.69, 9.17) is 25.8 Å². The van der Waals surface area contributed by atoms with Gasteiger partial charge in [-0.15, -0.1) is 0 Å². The van der Waals surface area contributed by atoms with Crippen molar-refractivity contribution in [1.29, 1.82) is 0 Å². The van der Waals surface area contributed by atoms with Gasteiger partial charge in [-0.25, -0.2) is 0 Å². The van der Waals surface area contributed by atoms with E-state index in [1.807, 2.05) is 39.0 Å². The van der Waals surface area contributed by atoms with Crippen LogP contribution < -0.4 is 10.1 Å². The first-order valence-corrected chi connectivity index (χ1v) is 10.2. The summed E-state index contributed by atoms with van der Waals surface area (Å²) in [6, 6.07) is 5.80. The number of hydrogen-bond acceptors (Lipinski definition) is 4. The summed E-state index contributed by atoms with van der Waals surface area (Å²) in [6.45, 7) is 8.53. The van der Waals surface area contributed by atoms with Crippen molar-refractivity contribution in [3.05, 3.63) is 28.8 Å². The highest BCUT2D eigenvalue weighted by molar-refractivity contribution is 6.31. The first kappa shape index (κ1) is 22.0. The minimum atomic E-state index is -0.0225. The van der Waals surface area contributed by atoms with Gasteiger partial charge < -0.3 is 19.5 Å². The summed E-state index contributed by atoms with van der Waals surface area (Å²) in [5.41, 5.74) is 0.982. The van der Waals surface area contributed by atoms with Crippen LogP contribution in [0, 0.1) is 0 Å². The topological polar surface area (TPSA) is 56.8 Å². The number of carbonyl (C=O) groups is 1. The lowest BCUT2D eigenvalue weighted by Gasteiger charge is -2.29. The fourth-order valence-corrected chi connectivity index (χ4v) is 3.46. The van der Waals surface area contributed by atoms with Crippen molar-refractivity contribution in [2.24, 2.45) is 0 Å². The quantitative estimate of drug-likeness (QED) is 0.666. The summed E-state index contributed by atoms with van der Waals surface area (Å²) in [5.74, 6) is 0.760. The van der Waals surface area contributed by atoms with E-state index in [9.17, 15) is 4.79 Å². The fraction of sp³-hybridized carbons (Fsp3) is 0.667. The molecule has 1 N–H and O–H groups in total. The van der Waals surface area contributed by atoms with Crippen LogP contribution in [0.4, 0.5) is 0 Å². The molecular formula is C21H32ClNO4. The number of hydrogen-bond donors (Lipinski definition) is 1. The molecule has 1 aliphatic rings. The lowest BCUT2D eigenvalue weighted by atomic mass is 9.95. The second-order valence-corrected chi connectivity index (χ2v) is 7.97. The van der Waals surface area contributed by atoms with Crippen LogP contribution in [0.5, 0.6) is 5.75 Å². The molecule has 0 radical (unpaired) electrons. The zero-order valence-corrected chi connectivity index (χ0v) is 17.6. The van der Waals surface area contributed by atoms with E-state index < -0.39 is 0 Å². The van der Waals surface area contributed by atoms with Crippen LogP contribution >= 0.6 is 11.6 Å². The van der Waals surface area contributed by atoms with E-state index in [1.165, 1.54) is 6.92 Å². The van der Waals surface area contributed by atoms with Crippen molar-refractivity contribution >= 4 is 17.5 Å². The van der Waals surface area contributed by atoms with Gasteiger partial charge in [-0.3, -0.25) is 4.79 Å². The second kappa shape index (κ2) is 10.9. The molecule has 0 aromatic heterocycles. The molecule has 0 unspecified atom stereocenters. The Balaban J connectivity index is 1.69. The van der Waals surface area contributed by atoms with Gasteiger partial charge in [0.15, 0.2) is 0 Å². The first-order valence-electron chi connectivity index (χ1n) is 9.79. The van der Waals surface area contributed by atoms with Crippen LogP contribution in [0.15, 0.2) is 18.2 Å². The third-order valence-corrected chi connectivity index (χ3v) is 4.88. The number of carbonyl (C=O) groups excluding carboxylic acids is 1. The maximum Gasteiger partial charge on any atom is 0.217 e. The summed E-state index contributed by atoms with van der Waals surface area (Å²) in [7, 11) is 0. The van der Waals surface area contributed by atoms with E-state index >= 15 is 0 Å². The van der Waals surface area contributed by atoms with Crippen LogP contribution in [0.2, 0.25) is 5.02 Å². The van der Waals surface area contributed by atoms with Crippen LogP contribution in [-0.4, -0.2) is 36.9 Å². The van der Waals surface area contributed by atoms with Gasteiger partial charge >= 0.3 is 0 Å². The summed E-state index contributed by atoms with van der Waals surface area (Å²) >= 11 is 6.35. The number of nitrogens with one attached hydrogen (secondary N) is 1. The average molecular weight is 398 g/mol. The Bertz CT molecular complexity index is 600. The van der Waals surface area contributed by atoms with Gasteiger partial charge in [0.25, 0.3) is 0 Å². The Labute approximate surface area is 167 Å². The van der Waals surface area contributed by atoms with E-state index in [0.717, 1.165) is 37.0 Å². The molecule has 152 valence electrons. The molecule has 0 aliphatic heterocycles. The molecule has 5 nitrogen and oxygen atoms in total. The molecular weight excluding hydrogens is 366 g/mol. The van der Waals surface area contributed by atoms with Crippen LogP contribution in [-0.2, 0) is 20.9 Å². The number of halogens is 1. The highest BCUT2D eigenvalue weighted by Gasteiger charge is 2.23. The molecule has 1 fully saturated rings. The standard InChI is InChI=1S/C21H32ClNO4/c1-14(2)27-20-6-5-17(21(22)11-20)13-26-19-9-7-18(8-10-19)25-12-15(3)23-16(4)24/h5-6,11,14-15,18-19H,7-10,12-13H2,1-4H3,(H,23,24)/t15-,18?,19?/m0/s1. The Kier molecular flexibility index (Phi) is 8.87. The van der Waals surface area contributed by atoms with Crippen LogP contribution in [0.1, 0.15) is 58.9 Å². The van der Waals surface area contributed by atoms with E-state index in [0.29, 0.717) is 18.2 Å². The molecule has 6 heteroatoms. The number of ether oxygens (including phenoxy) is 3. The molecule has 1 atom stereocenters. The molecule has 1 saturated carbocycles. The molecule has 0 saturated heterocycles. The molecule has 27 heavy (non-hydrogen) atoms.